The standard InChI is InChI=1S/C27H34F2N6O2S/c1-14-9-15(2)32-26-22(14)23(30)24(38-26)25(36)33-17-6-7-19-16(10-17)5-8-21(34-19)35-11-18(20(12-35)31-3)27(28,29)13-37-4/h5,8-9,17-18,20,31H,6-7,10-13,30H2,1-4H3,(H,33,36). The van der Waals surface area contributed by atoms with Crippen molar-refractivity contribution < 1.29 is 18.3 Å². The Morgan fingerprint density at radius 3 is 2.82 bits per heavy atom. The number of amides is 1. The van der Waals surface area contributed by atoms with Gasteiger partial charge in [0.05, 0.1) is 11.6 Å². The van der Waals surface area contributed by atoms with E-state index in [1.807, 2.05) is 36.9 Å². The number of aromatic nitrogens is 2. The van der Waals surface area contributed by atoms with E-state index >= 15 is 0 Å². The number of rotatable bonds is 7. The van der Waals surface area contributed by atoms with Crippen molar-refractivity contribution in [1.82, 2.24) is 20.6 Å². The molecule has 3 atom stereocenters. The van der Waals surface area contributed by atoms with E-state index in [0.717, 1.165) is 39.2 Å². The van der Waals surface area contributed by atoms with Crippen LogP contribution in [-0.4, -0.2) is 67.7 Å². The van der Waals surface area contributed by atoms with Crippen LogP contribution in [0.1, 0.15) is 38.6 Å². The van der Waals surface area contributed by atoms with Crippen LogP contribution < -0.4 is 21.3 Å². The molecule has 5 rings (SSSR count). The minimum atomic E-state index is -2.93. The summed E-state index contributed by atoms with van der Waals surface area (Å²) in [5.74, 6) is -3.27. The van der Waals surface area contributed by atoms with Crippen molar-refractivity contribution in [2.75, 3.05) is 44.5 Å². The average Bonchev–Trinajstić information content (AvgIpc) is 3.45. The Morgan fingerprint density at radius 1 is 1.29 bits per heavy atom. The number of pyridine rings is 2. The highest BCUT2D eigenvalue weighted by Gasteiger charge is 2.49. The highest BCUT2D eigenvalue weighted by molar-refractivity contribution is 7.21. The number of alkyl halides is 2. The molecule has 1 amide bonds. The summed E-state index contributed by atoms with van der Waals surface area (Å²) in [5, 5.41) is 7.04. The van der Waals surface area contributed by atoms with Crippen LogP contribution in [0.25, 0.3) is 10.2 Å². The zero-order chi connectivity index (χ0) is 27.2. The Hall–Kier alpha value is -2.89. The van der Waals surface area contributed by atoms with Gasteiger partial charge in [-0.1, -0.05) is 6.07 Å². The Balaban J connectivity index is 1.27. The van der Waals surface area contributed by atoms with Crippen LogP contribution in [0.4, 0.5) is 20.3 Å². The number of carbonyl (C=O) groups is 1. The quantitative estimate of drug-likeness (QED) is 0.418. The Labute approximate surface area is 225 Å². The molecule has 8 nitrogen and oxygen atoms in total. The molecular formula is C27H34F2N6O2S. The molecule has 38 heavy (non-hydrogen) atoms. The van der Waals surface area contributed by atoms with Crippen LogP contribution in [0.15, 0.2) is 18.2 Å². The number of carbonyl (C=O) groups excluding carboxylic acids is 1. The number of nitrogen functional groups attached to an aromatic ring is 1. The van der Waals surface area contributed by atoms with Crippen LogP contribution in [0.5, 0.6) is 0 Å². The highest BCUT2D eigenvalue weighted by atomic mass is 32.1. The van der Waals surface area contributed by atoms with Crippen LogP contribution in [-0.2, 0) is 17.6 Å². The van der Waals surface area contributed by atoms with Gasteiger partial charge in [0.2, 0.25) is 0 Å². The zero-order valence-electron chi connectivity index (χ0n) is 22.1. The largest absolute Gasteiger partial charge is 0.397 e. The minimum absolute atomic E-state index is 0.0411. The molecule has 4 N–H and O–H groups in total. The molecule has 4 heterocycles. The number of hydrogen-bond donors (Lipinski definition) is 3. The third-order valence-corrected chi connectivity index (χ3v) is 8.81. The van der Waals surface area contributed by atoms with Crippen molar-refractivity contribution in [2.24, 2.45) is 5.92 Å². The van der Waals surface area contributed by atoms with Gasteiger partial charge in [-0.15, -0.1) is 11.3 Å². The van der Waals surface area contributed by atoms with Crippen LogP contribution in [0, 0.1) is 19.8 Å². The molecule has 3 aromatic heterocycles. The van der Waals surface area contributed by atoms with Crippen molar-refractivity contribution in [3.8, 4) is 0 Å². The topological polar surface area (TPSA) is 105 Å². The van der Waals surface area contributed by atoms with Crippen molar-refractivity contribution in [2.45, 2.75) is 51.1 Å². The maximum absolute atomic E-state index is 14.7. The molecule has 0 radical (unpaired) electrons. The molecule has 0 saturated carbocycles. The summed E-state index contributed by atoms with van der Waals surface area (Å²) in [6.45, 7) is 3.97. The number of fused-ring (bicyclic) bond motifs is 2. The Morgan fingerprint density at radius 2 is 2.08 bits per heavy atom. The van der Waals surface area contributed by atoms with Crippen LogP contribution in [0.2, 0.25) is 0 Å². The van der Waals surface area contributed by atoms with Gasteiger partial charge in [-0.3, -0.25) is 4.79 Å². The van der Waals surface area contributed by atoms with Gasteiger partial charge in [-0.05, 0) is 63.4 Å². The lowest BCUT2D eigenvalue weighted by atomic mass is 9.91. The third kappa shape index (κ3) is 4.94. The first-order valence-corrected chi connectivity index (χ1v) is 13.7. The fourth-order valence-corrected chi connectivity index (χ4v) is 6.92. The monoisotopic (exact) mass is 544 g/mol. The zero-order valence-corrected chi connectivity index (χ0v) is 22.9. The molecule has 1 saturated heterocycles. The Kier molecular flexibility index (Phi) is 7.27. The number of halogens is 2. The maximum Gasteiger partial charge on any atom is 0.276 e. The molecule has 1 aliphatic heterocycles. The number of aryl methyl sites for hydroxylation is 3. The molecule has 3 unspecified atom stereocenters. The molecule has 0 bridgehead atoms. The first-order chi connectivity index (χ1) is 18.1. The number of methoxy groups -OCH3 is 1. The second-order valence-electron chi connectivity index (χ2n) is 10.4. The third-order valence-electron chi connectivity index (χ3n) is 7.71. The normalized spacial score (nSPS) is 21.6. The molecule has 0 spiro atoms. The minimum Gasteiger partial charge on any atom is -0.397 e. The van der Waals surface area contributed by atoms with Crippen molar-refractivity contribution >= 4 is 39.0 Å². The second kappa shape index (κ2) is 10.3. The number of likely N-dealkylation sites (N-methyl/N-ethyl adjacent to an activating group) is 1. The molecular weight excluding hydrogens is 510 g/mol. The maximum atomic E-state index is 14.7. The summed E-state index contributed by atoms with van der Waals surface area (Å²) in [7, 11) is 3.01. The lowest BCUT2D eigenvalue weighted by Gasteiger charge is -2.27. The van der Waals surface area contributed by atoms with E-state index in [2.05, 4.69) is 15.6 Å². The summed E-state index contributed by atoms with van der Waals surface area (Å²) in [4.78, 5) is 25.7. The van der Waals surface area contributed by atoms with Crippen LogP contribution >= 0.6 is 11.3 Å². The van der Waals surface area contributed by atoms with Gasteiger partial charge in [-0.2, -0.15) is 0 Å². The van der Waals surface area contributed by atoms with Gasteiger partial charge in [0.15, 0.2) is 0 Å². The molecule has 11 heteroatoms. The summed E-state index contributed by atoms with van der Waals surface area (Å²) in [6.07, 6.45) is 2.09. The fourth-order valence-electron chi connectivity index (χ4n) is 5.80. The summed E-state index contributed by atoms with van der Waals surface area (Å²) < 4.78 is 34.1. The number of thiophene rings is 1. The van der Waals surface area contributed by atoms with Gasteiger partial charge in [0.25, 0.3) is 11.8 Å². The van der Waals surface area contributed by atoms with Crippen LogP contribution in [0.3, 0.4) is 0 Å². The van der Waals surface area contributed by atoms with Crippen molar-refractivity contribution in [3.05, 3.63) is 45.6 Å². The van der Waals surface area contributed by atoms with Gasteiger partial charge in [0.1, 0.15) is 22.1 Å². The summed E-state index contributed by atoms with van der Waals surface area (Å²) in [6, 6.07) is 5.48. The number of nitrogens with zero attached hydrogens (tertiary/aromatic N) is 3. The lowest BCUT2D eigenvalue weighted by Crippen LogP contribution is -2.45. The smallest absolute Gasteiger partial charge is 0.276 e. The number of hydrogen-bond acceptors (Lipinski definition) is 8. The second-order valence-corrected chi connectivity index (χ2v) is 11.4. The predicted molar refractivity (Wildman–Crippen MR) is 146 cm³/mol. The van der Waals surface area contributed by atoms with Gasteiger partial charge in [-0.25, -0.2) is 18.7 Å². The van der Waals surface area contributed by atoms with E-state index in [-0.39, 0.29) is 24.5 Å². The number of anilines is 2. The average molecular weight is 545 g/mol. The lowest BCUT2D eigenvalue weighted by molar-refractivity contribution is -0.107. The molecule has 3 aromatic rings. The van der Waals surface area contributed by atoms with E-state index in [4.69, 9.17) is 15.5 Å². The fraction of sp³-hybridized carbons (Fsp3) is 0.519. The molecule has 1 fully saturated rings. The molecule has 204 valence electrons. The SMILES string of the molecule is CNC1CN(c2ccc3c(n2)CCC(NC(=O)c2sc4nc(C)cc(C)c4c2N)C3)CC1C(F)(F)COC. The van der Waals surface area contributed by atoms with Crippen molar-refractivity contribution in [1.29, 1.82) is 0 Å². The van der Waals surface area contributed by atoms with Gasteiger partial charge in [0, 0.05) is 49.1 Å². The number of ether oxygens (including phenoxy) is 1. The van der Waals surface area contributed by atoms with Gasteiger partial charge >= 0.3 is 0 Å². The van der Waals surface area contributed by atoms with E-state index in [1.165, 1.54) is 18.4 Å². The van der Waals surface area contributed by atoms with E-state index in [0.29, 0.717) is 35.8 Å². The first kappa shape index (κ1) is 26.7. The predicted octanol–water partition coefficient (Wildman–Crippen LogP) is 3.48. The van der Waals surface area contributed by atoms with E-state index < -0.39 is 18.4 Å². The van der Waals surface area contributed by atoms with E-state index in [1.54, 1.807) is 7.05 Å². The summed E-state index contributed by atoms with van der Waals surface area (Å²) in [5.41, 5.74) is 10.8. The Bertz CT molecular complexity index is 1360. The molecule has 2 aliphatic rings. The van der Waals surface area contributed by atoms with Crippen molar-refractivity contribution in [3.63, 3.8) is 0 Å². The first-order valence-electron chi connectivity index (χ1n) is 12.9. The van der Waals surface area contributed by atoms with E-state index in [9.17, 15) is 13.6 Å². The number of nitrogens with one attached hydrogen (secondary N) is 2. The summed E-state index contributed by atoms with van der Waals surface area (Å²) >= 11 is 1.32. The highest BCUT2D eigenvalue weighted by Crippen LogP contribution is 2.37. The molecule has 0 aromatic carbocycles. The van der Waals surface area contributed by atoms with Gasteiger partial charge < -0.3 is 26.0 Å². The molecule has 1 aliphatic carbocycles. The number of nitrogens with two attached hydrogens (primary N) is 1.